The summed E-state index contributed by atoms with van der Waals surface area (Å²) in [6.45, 7) is 0. The second kappa shape index (κ2) is 5.35. The van der Waals surface area contributed by atoms with Crippen molar-refractivity contribution >= 4 is 11.9 Å². The van der Waals surface area contributed by atoms with Crippen molar-refractivity contribution in [2.24, 2.45) is 0 Å². The third kappa shape index (κ3) is 2.08. The van der Waals surface area contributed by atoms with E-state index in [0.717, 1.165) is 16.7 Å². The molecular formula is C20H12O4. The van der Waals surface area contributed by atoms with Gasteiger partial charge in [0.15, 0.2) is 0 Å². The molecule has 0 spiro atoms. The van der Waals surface area contributed by atoms with Gasteiger partial charge in [0.05, 0.1) is 11.1 Å². The van der Waals surface area contributed by atoms with Crippen molar-refractivity contribution in [2.75, 3.05) is 0 Å². The van der Waals surface area contributed by atoms with Crippen LogP contribution in [-0.2, 0) is 0 Å². The lowest BCUT2D eigenvalue weighted by Crippen LogP contribution is -2.17. The molecule has 0 atom stereocenters. The molecule has 0 radical (unpaired) electrons. The van der Waals surface area contributed by atoms with Gasteiger partial charge in [-0.2, -0.15) is 0 Å². The molecule has 4 rings (SSSR count). The zero-order valence-electron chi connectivity index (χ0n) is 12.5. The van der Waals surface area contributed by atoms with Crippen LogP contribution in [0, 0.1) is 0 Å². The molecule has 0 heterocycles. The van der Waals surface area contributed by atoms with E-state index in [1.54, 1.807) is 30.3 Å². The molecule has 1 N–H and O–H groups in total. The van der Waals surface area contributed by atoms with E-state index in [1.165, 1.54) is 6.07 Å². The minimum atomic E-state index is -1.14. The maximum atomic E-state index is 12.5. The molecule has 0 aromatic heterocycles. The number of hydrogen-bond acceptors (Lipinski definition) is 3. The standard InChI is InChI=1S/C20H12O4/c21-19(22)18-16(20(23)24-12-6-2-1-3-7-12)11-10-15-13-8-4-5-9-14(13)17(15)18/h1-11H,(H,21,22). The number of ether oxygens (including phenoxy) is 1. The topological polar surface area (TPSA) is 63.6 Å². The second-order valence-corrected chi connectivity index (χ2v) is 5.46. The molecule has 0 saturated heterocycles. The smallest absolute Gasteiger partial charge is 0.344 e. The summed E-state index contributed by atoms with van der Waals surface area (Å²) in [7, 11) is 0. The lowest BCUT2D eigenvalue weighted by atomic mass is 9.76. The monoisotopic (exact) mass is 316 g/mol. The molecule has 4 heteroatoms. The maximum Gasteiger partial charge on any atom is 0.344 e. The number of fused-ring (bicyclic) bond motifs is 4. The highest BCUT2D eigenvalue weighted by Gasteiger charge is 2.32. The summed E-state index contributed by atoms with van der Waals surface area (Å²) in [6.07, 6.45) is 0. The summed E-state index contributed by atoms with van der Waals surface area (Å²) in [5, 5.41) is 9.64. The first-order chi connectivity index (χ1) is 11.7. The van der Waals surface area contributed by atoms with Gasteiger partial charge in [0.1, 0.15) is 5.75 Å². The van der Waals surface area contributed by atoms with Crippen molar-refractivity contribution in [3.63, 3.8) is 0 Å². The lowest BCUT2D eigenvalue weighted by molar-refractivity contribution is 0.0668. The molecule has 3 aromatic carbocycles. The maximum absolute atomic E-state index is 12.5. The SMILES string of the molecule is O=C(Oc1ccccc1)c1ccc2c(c1C(=O)O)-c1ccccc1-2. The van der Waals surface area contributed by atoms with Crippen LogP contribution in [0.2, 0.25) is 0 Å². The number of hydrogen-bond donors (Lipinski definition) is 1. The predicted octanol–water partition coefficient (Wildman–Crippen LogP) is 4.25. The fraction of sp³-hybridized carbons (Fsp3) is 0. The molecule has 1 aliphatic rings. The van der Waals surface area contributed by atoms with Crippen molar-refractivity contribution in [3.05, 3.63) is 77.9 Å². The molecule has 24 heavy (non-hydrogen) atoms. The average Bonchev–Trinajstić information content (AvgIpc) is 2.59. The fourth-order valence-corrected chi connectivity index (χ4v) is 3.02. The van der Waals surface area contributed by atoms with Gasteiger partial charge in [-0.3, -0.25) is 0 Å². The Morgan fingerprint density at radius 1 is 0.750 bits per heavy atom. The van der Waals surface area contributed by atoms with Gasteiger partial charge in [-0.1, -0.05) is 48.5 Å². The van der Waals surface area contributed by atoms with E-state index >= 15 is 0 Å². The molecule has 0 unspecified atom stereocenters. The van der Waals surface area contributed by atoms with Crippen LogP contribution in [0.1, 0.15) is 20.7 Å². The van der Waals surface area contributed by atoms with Crippen LogP contribution >= 0.6 is 0 Å². The summed E-state index contributed by atoms with van der Waals surface area (Å²) in [5.74, 6) is -1.44. The Balaban J connectivity index is 1.79. The van der Waals surface area contributed by atoms with E-state index in [-0.39, 0.29) is 11.1 Å². The van der Waals surface area contributed by atoms with Gasteiger partial charge in [-0.15, -0.1) is 0 Å². The number of benzene rings is 3. The van der Waals surface area contributed by atoms with Crippen LogP contribution in [-0.4, -0.2) is 17.0 Å². The van der Waals surface area contributed by atoms with Gasteiger partial charge < -0.3 is 9.84 Å². The third-order valence-corrected chi connectivity index (χ3v) is 4.08. The minimum Gasteiger partial charge on any atom is -0.478 e. The van der Waals surface area contributed by atoms with E-state index < -0.39 is 11.9 Å². The van der Waals surface area contributed by atoms with Gasteiger partial charge in [-0.25, -0.2) is 9.59 Å². The Morgan fingerprint density at radius 3 is 2.12 bits per heavy atom. The molecule has 0 bridgehead atoms. The molecule has 3 aromatic rings. The van der Waals surface area contributed by atoms with Crippen molar-refractivity contribution < 1.29 is 19.4 Å². The van der Waals surface area contributed by atoms with E-state index in [9.17, 15) is 14.7 Å². The van der Waals surface area contributed by atoms with Gasteiger partial charge in [-0.05, 0) is 34.9 Å². The molecule has 116 valence electrons. The zero-order valence-corrected chi connectivity index (χ0v) is 12.5. The van der Waals surface area contributed by atoms with Gasteiger partial charge in [0.25, 0.3) is 0 Å². The number of para-hydroxylation sites is 1. The Hall–Kier alpha value is -3.40. The fourth-order valence-electron chi connectivity index (χ4n) is 3.02. The van der Waals surface area contributed by atoms with Crippen LogP contribution in [0.25, 0.3) is 22.3 Å². The average molecular weight is 316 g/mol. The first-order valence-electron chi connectivity index (χ1n) is 7.44. The Bertz CT molecular complexity index is 974. The Labute approximate surface area is 138 Å². The van der Waals surface area contributed by atoms with Gasteiger partial charge >= 0.3 is 11.9 Å². The van der Waals surface area contributed by atoms with Crippen LogP contribution < -0.4 is 4.74 Å². The summed E-state index contributed by atoms with van der Waals surface area (Å²) < 4.78 is 5.30. The first-order valence-corrected chi connectivity index (χ1v) is 7.44. The van der Waals surface area contributed by atoms with E-state index in [1.807, 2.05) is 30.3 Å². The van der Waals surface area contributed by atoms with Crippen LogP contribution in [0.3, 0.4) is 0 Å². The number of carboxylic acids is 1. The third-order valence-electron chi connectivity index (χ3n) is 4.08. The summed E-state index contributed by atoms with van der Waals surface area (Å²) >= 11 is 0. The van der Waals surface area contributed by atoms with Crippen LogP contribution in [0.15, 0.2) is 66.7 Å². The number of carboxylic acid groups (broad SMARTS) is 1. The number of rotatable bonds is 3. The van der Waals surface area contributed by atoms with E-state index in [0.29, 0.717) is 11.3 Å². The molecule has 0 saturated carbocycles. The van der Waals surface area contributed by atoms with Crippen molar-refractivity contribution in [1.82, 2.24) is 0 Å². The van der Waals surface area contributed by atoms with Crippen molar-refractivity contribution in [1.29, 1.82) is 0 Å². The highest BCUT2D eigenvalue weighted by atomic mass is 16.5. The zero-order chi connectivity index (χ0) is 16.7. The Kier molecular flexibility index (Phi) is 3.17. The van der Waals surface area contributed by atoms with E-state index in [2.05, 4.69) is 0 Å². The molecule has 1 aliphatic carbocycles. The summed E-state index contributed by atoms with van der Waals surface area (Å²) in [6, 6.07) is 19.4. The predicted molar refractivity (Wildman–Crippen MR) is 89.2 cm³/mol. The molecule has 0 aliphatic heterocycles. The van der Waals surface area contributed by atoms with E-state index in [4.69, 9.17) is 4.74 Å². The number of carbonyl (C=O) groups is 2. The highest BCUT2D eigenvalue weighted by molar-refractivity contribution is 6.16. The molecular weight excluding hydrogens is 304 g/mol. The second-order valence-electron chi connectivity index (χ2n) is 5.46. The summed E-state index contributed by atoms with van der Waals surface area (Å²) in [5.41, 5.74) is 3.34. The lowest BCUT2D eigenvalue weighted by Gasteiger charge is -2.26. The quantitative estimate of drug-likeness (QED) is 0.453. The molecule has 4 nitrogen and oxygen atoms in total. The van der Waals surface area contributed by atoms with Crippen LogP contribution in [0.4, 0.5) is 0 Å². The summed E-state index contributed by atoms with van der Waals surface area (Å²) in [4.78, 5) is 24.2. The normalized spacial score (nSPS) is 11.0. The highest BCUT2D eigenvalue weighted by Crippen LogP contribution is 2.49. The minimum absolute atomic E-state index is 0.00729. The van der Waals surface area contributed by atoms with Gasteiger partial charge in [0, 0.05) is 5.56 Å². The Morgan fingerprint density at radius 2 is 1.42 bits per heavy atom. The largest absolute Gasteiger partial charge is 0.478 e. The van der Waals surface area contributed by atoms with Crippen molar-refractivity contribution in [3.8, 4) is 28.0 Å². The van der Waals surface area contributed by atoms with Crippen molar-refractivity contribution in [2.45, 2.75) is 0 Å². The molecule has 0 fully saturated rings. The number of carbonyl (C=O) groups excluding carboxylic acids is 1. The number of aromatic carboxylic acids is 1. The van der Waals surface area contributed by atoms with Gasteiger partial charge in [0.2, 0.25) is 0 Å². The number of esters is 1. The molecule has 0 amide bonds. The van der Waals surface area contributed by atoms with Crippen LogP contribution in [0.5, 0.6) is 5.75 Å². The first kappa shape index (κ1) is 14.2.